The molecule has 0 spiro atoms. The van der Waals surface area contributed by atoms with E-state index < -0.39 is 5.92 Å². The molecule has 0 saturated heterocycles. The summed E-state index contributed by atoms with van der Waals surface area (Å²) in [5.41, 5.74) is 6.12. The Morgan fingerprint density at radius 3 is 3.00 bits per heavy atom. The molecule has 0 aromatic carbocycles. The summed E-state index contributed by atoms with van der Waals surface area (Å²) in [4.78, 5) is 15.7. The minimum Gasteiger partial charge on any atom is -0.409 e. The van der Waals surface area contributed by atoms with Gasteiger partial charge < -0.3 is 16.3 Å². The van der Waals surface area contributed by atoms with Crippen molar-refractivity contribution in [1.82, 2.24) is 10.3 Å². The van der Waals surface area contributed by atoms with E-state index in [4.69, 9.17) is 10.9 Å². The fourth-order valence-electron chi connectivity index (χ4n) is 1.04. The Hall–Kier alpha value is -1.63. The molecule has 0 saturated carbocycles. The molecule has 0 radical (unpaired) electrons. The number of nitrogens with one attached hydrogen (secondary N) is 1. The van der Waals surface area contributed by atoms with Crippen LogP contribution in [0.3, 0.4) is 0 Å². The Morgan fingerprint density at radius 2 is 2.50 bits per heavy atom. The van der Waals surface area contributed by atoms with Gasteiger partial charge in [-0.1, -0.05) is 5.16 Å². The largest absolute Gasteiger partial charge is 0.409 e. The monoisotopic (exact) mass is 242 g/mol. The van der Waals surface area contributed by atoms with Gasteiger partial charge in [-0.2, -0.15) is 0 Å². The zero-order chi connectivity index (χ0) is 12.1. The van der Waals surface area contributed by atoms with Gasteiger partial charge in [0.15, 0.2) is 5.84 Å². The molecule has 0 fully saturated rings. The van der Waals surface area contributed by atoms with E-state index in [-0.39, 0.29) is 11.7 Å². The smallest absolute Gasteiger partial charge is 0.230 e. The Kier molecular flexibility index (Phi) is 4.24. The van der Waals surface area contributed by atoms with E-state index in [1.54, 1.807) is 6.92 Å². The highest BCUT2D eigenvalue weighted by molar-refractivity contribution is 7.09. The number of thiazole rings is 1. The molecule has 1 atom stereocenters. The Balaban J connectivity index is 2.47. The number of aromatic nitrogens is 1. The van der Waals surface area contributed by atoms with Gasteiger partial charge in [-0.15, -0.1) is 11.3 Å². The second kappa shape index (κ2) is 5.45. The van der Waals surface area contributed by atoms with Gasteiger partial charge in [0.25, 0.3) is 0 Å². The van der Waals surface area contributed by atoms with Crippen LogP contribution < -0.4 is 11.1 Å². The van der Waals surface area contributed by atoms with Crippen LogP contribution >= 0.6 is 11.3 Å². The number of rotatable bonds is 4. The maximum Gasteiger partial charge on any atom is 0.230 e. The number of oxime groups is 1. The van der Waals surface area contributed by atoms with Gasteiger partial charge in [0.05, 0.1) is 23.2 Å². The summed E-state index contributed by atoms with van der Waals surface area (Å²) >= 11 is 1.52. The highest BCUT2D eigenvalue weighted by Crippen LogP contribution is 2.07. The number of nitrogens with two attached hydrogens (primary N) is 1. The summed E-state index contributed by atoms with van der Waals surface area (Å²) in [7, 11) is 0. The predicted octanol–water partition coefficient (Wildman–Crippen LogP) is 0.450. The molecule has 1 unspecified atom stereocenters. The minimum atomic E-state index is -0.648. The third kappa shape index (κ3) is 3.20. The summed E-state index contributed by atoms with van der Waals surface area (Å²) in [6.45, 7) is 3.82. The average molecular weight is 242 g/mol. The molecule has 0 aliphatic rings. The maximum absolute atomic E-state index is 11.5. The first-order valence-corrected chi connectivity index (χ1v) is 5.58. The summed E-state index contributed by atoms with van der Waals surface area (Å²) < 4.78 is 0. The third-order valence-corrected chi connectivity index (χ3v) is 2.89. The van der Waals surface area contributed by atoms with Gasteiger partial charge in [0, 0.05) is 5.38 Å². The fourth-order valence-corrected chi connectivity index (χ4v) is 1.65. The normalized spacial score (nSPS) is 13.5. The van der Waals surface area contributed by atoms with Crippen molar-refractivity contribution in [2.24, 2.45) is 16.8 Å². The fraction of sp³-hybridized carbons (Fsp3) is 0.444. The first-order chi connectivity index (χ1) is 7.54. The van der Waals surface area contributed by atoms with Crippen LogP contribution in [0.2, 0.25) is 0 Å². The lowest BCUT2D eigenvalue weighted by molar-refractivity contribution is -0.122. The van der Waals surface area contributed by atoms with Crippen molar-refractivity contribution in [3.05, 3.63) is 16.1 Å². The number of amides is 1. The van der Waals surface area contributed by atoms with Gasteiger partial charge in [-0.05, 0) is 13.8 Å². The molecule has 4 N–H and O–H groups in total. The second-order valence-electron chi connectivity index (χ2n) is 3.32. The van der Waals surface area contributed by atoms with Crippen LogP contribution in [0, 0.1) is 12.8 Å². The summed E-state index contributed by atoms with van der Waals surface area (Å²) in [5, 5.41) is 16.7. The van der Waals surface area contributed by atoms with Crippen molar-refractivity contribution in [2.75, 3.05) is 0 Å². The number of hydrogen-bond acceptors (Lipinski definition) is 5. The van der Waals surface area contributed by atoms with Crippen molar-refractivity contribution in [2.45, 2.75) is 20.4 Å². The summed E-state index contributed by atoms with van der Waals surface area (Å²) in [6, 6.07) is 0. The molecule has 0 bridgehead atoms. The van der Waals surface area contributed by atoms with E-state index in [0.29, 0.717) is 6.54 Å². The standard InChI is InChI=1S/C9H14N4O2S/c1-5(8(10)13-15)9(14)11-3-7-4-16-6(2)12-7/h4-5,15H,3H2,1-2H3,(H2,10,13)(H,11,14). The van der Waals surface area contributed by atoms with Crippen LogP contribution in [-0.4, -0.2) is 21.9 Å². The first kappa shape index (κ1) is 12.4. The first-order valence-electron chi connectivity index (χ1n) is 4.70. The molecule has 16 heavy (non-hydrogen) atoms. The van der Waals surface area contributed by atoms with Gasteiger partial charge in [0.1, 0.15) is 0 Å². The van der Waals surface area contributed by atoms with Crippen molar-refractivity contribution in [1.29, 1.82) is 0 Å². The van der Waals surface area contributed by atoms with Gasteiger partial charge in [-0.3, -0.25) is 4.79 Å². The molecule has 1 aromatic rings. The van der Waals surface area contributed by atoms with Crippen molar-refractivity contribution < 1.29 is 10.0 Å². The predicted molar refractivity (Wildman–Crippen MR) is 61.3 cm³/mol. The number of hydrogen-bond donors (Lipinski definition) is 3. The highest BCUT2D eigenvalue weighted by atomic mass is 32.1. The quantitative estimate of drug-likeness (QED) is 0.309. The molecular formula is C9H14N4O2S. The van der Waals surface area contributed by atoms with Crippen molar-refractivity contribution in [3.63, 3.8) is 0 Å². The van der Waals surface area contributed by atoms with E-state index in [9.17, 15) is 4.79 Å². The van der Waals surface area contributed by atoms with E-state index in [2.05, 4.69) is 15.5 Å². The van der Waals surface area contributed by atoms with Crippen molar-refractivity contribution in [3.8, 4) is 0 Å². The number of nitrogens with zero attached hydrogens (tertiary/aromatic N) is 2. The number of amidine groups is 1. The van der Waals surface area contributed by atoms with Crippen LogP contribution in [-0.2, 0) is 11.3 Å². The zero-order valence-corrected chi connectivity index (χ0v) is 9.91. The maximum atomic E-state index is 11.5. The molecule has 1 rings (SSSR count). The zero-order valence-electron chi connectivity index (χ0n) is 9.10. The third-order valence-electron chi connectivity index (χ3n) is 2.06. The molecule has 1 amide bonds. The highest BCUT2D eigenvalue weighted by Gasteiger charge is 2.17. The Bertz CT molecular complexity index is 402. The average Bonchev–Trinajstić information content (AvgIpc) is 2.69. The molecular weight excluding hydrogens is 228 g/mol. The molecule has 1 aromatic heterocycles. The van der Waals surface area contributed by atoms with Crippen molar-refractivity contribution >= 4 is 23.1 Å². The minimum absolute atomic E-state index is 0.105. The molecule has 7 heteroatoms. The number of carbonyl (C=O) groups excluding carboxylic acids is 1. The van der Waals surface area contributed by atoms with Gasteiger partial charge in [-0.25, -0.2) is 4.98 Å². The molecule has 88 valence electrons. The molecule has 6 nitrogen and oxygen atoms in total. The topological polar surface area (TPSA) is 101 Å². The molecule has 0 aliphatic carbocycles. The summed E-state index contributed by atoms with van der Waals surface area (Å²) in [6.07, 6.45) is 0. The van der Waals surface area contributed by atoms with Crippen LogP contribution in [0.5, 0.6) is 0 Å². The van der Waals surface area contributed by atoms with Gasteiger partial charge >= 0.3 is 0 Å². The van der Waals surface area contributed by atoms with Crippen LogP contribution in [0.1, 0.15) is 17.6 Å². The second-order valence-corrected chi connectivity index (χ2v) is 4.38. The van der Waals surface area contributed by atoms with E-state index in [1.807, 2.05) is 12.3 Å². The lowest BCUT2D eigenvalue weighted by Crippen LogP contribution is -2.36. The van der Waals surface area contributed by atoms with E-state index in [0.717, 1.165) is 10.7 Å². The molecule has 1 heterocycles. The van der Waals surface area contributed by atoms with E-state index >= 15 is 0 Å². The SMILES string of the molecule is Cc1nc(CNC(=O)C(C)C(N)=NO)cs1. The van der Waals surface area contributed by atoms with Crippen LogP contribution in [0.25, 0.3) is 0 Å². The summed E-state index contributed by atoms with van der Waals surface area (Å²) in [5.74, 6) is -1.04. The van der Waals surface area contributed by atoms with Gasteiger partial charge in [0.2, 0.25) is 5.91 Å². The number of carbonyl (C=O) groups is 1. The molecule has 0 aliphatic heterocycles. The number of aryl methyl sites for hydroxylation is 1. The van der Waals surface area contributed by atoms with Crippen LogP contribution in [0.15, 0.2) is 10.5 Å². The lowest BCUT2D eigenvalue weighted by atomic mass is 10.1. The van der Waals surface area contributed by atoms with Crippen LogP contribution in [0.4, 0.5) is 0 Å². The van der Waals surface area contributed by atoms with E-state index in [1.165, 1.54) is 11.3 Å². The Labute approximate surface area is 97.2 Å². The lowest BCUT2D eigenvalue weighted by Gasteiger charge is -2.09. The Morgan fingerprint density at radius 1 is 1.81 bits per heavy atom.